The van der Waals surface area contributed by atoms with Crippen LogP contribution in [0.4, 0.5) is 0 Å². The predicted octanol–water partition coefficient (Wildman–Crippen LogP) is 4.00. The van der Waals surface area contributed by atoms with Crippen LogP contribution in [0.25, 0.3) is 0 Å². The maximum atomic E-state index is 12.3. The van der Waals surface area contributed by atoms with E-state index in [4.69, 9.17) is 16.3 Å². The molecule has 2 aromatic rings. The molecule has 0 aliphatic heterocycles. The van der Waals surface area contributed by atoms with Gasteiger partial charge in [-0.25, -0.2) is 13.1 Å². The van der Waals surface area contributed by atoms with Crippen LogP contribution in [0.2, 0.25) is 5.02 Å². The maximum absolute atomic E-state index is 12.3. The SMILES string of the molecule is CCCCOc1ccc(S(=O)(=O)NCc2ccc(Cl)cc2)cc1. The molecule has 0 bridgehead atoms. The second-order valence-corrected chi connectivity index (χ2v) is 7.33. The van der Waals surface area contributed by atoms with E-state index < -0.39 is 10.0 Å². The van der Waals surface area contributed by atoms with Gasteiger partial charge in [-0.1, -0.05) is 37.1 Å². The molecular formula is C17H20ClNO3S. The van der Waals surface area contributed by atoms with Crippen molar-refractivity contribution in [2.24, 2.45) is 0 Å². The van der Waals surface area contributed by atoms with Crippen molar-refractivity contribution < 1.29 is 13.2 Å². The standard InChI is InChI=1S/C17H20ClNO3S/c1-2-3-12-22-16-8-10-17(11-9-16)23(20,21)19-13-14-4-6-15(18)7-5-14/h4-11,19H,2-3,12-13H2,1H3. The number of sulfonamides is 1. The highest BCUT2D eigenvalue weighted by Gasteiger charge is 2.13. The van der Waals surface area contributed by atoms with E-state index >= 15 is 0 Å². The predicted molar refractivity (Wildman–Crippen MR) is 92.3 cm³/mol. The van der Waals surface area contributed by atoms with E-state index in [1.165, 1.54) is 0 Å². The van der Waals surface area contributed by atoms with Crippen molar-refractivity contribution in [3.63, 3.8) is 0 Å². The van der Waals surface area contributed by atoms with Crippen LogP contribution in [-0.2, 0) is 16.6 Å². The summed E-state index contributed by atoms with van der Waals surface area (Å²) in [5.74, 6) is 0.676. The Morgan fingerprint density at radius 1 is 1.04 bits per heavy atom. The van der Waals surface area contributed by atoms with Gasteiger partial charge in [0.25, 0.3) is 0 Å². The fourth-order valence-electron chi connectivity index (χ4n) is 1.91. The lowest BCUT2D eigenvalue weighted by molar-refractivity contribution is 0.309. The number of hydrogen-bond acceptors (Lipinski definition) is 3. The molecule has 2 rings (SSSR count). The average Bonchev–Trinajstić information content (AvgIpc) is 2.55. The molecule has 0 aromatic heterocycles. The van der Waals surface area contributed by atoms with Gasteiger partial charge < -0.3 is 4.74 Å². The second kappa shape index (κ2) is 8.34. The molecule has 0 aliphatic rings. The first-order chi connectivity index (χ1) is 11.0. The zero-order chi connectivity index (χ0) is 16.7. The van der Waals surface area contributed by atoms with Crippen LogP contribution in [-0.4, -0.2) is 15.0 Å². The van der Waals surface area contributed by atoms with Crippen LogP contribution in [0, 0.1) is 0 Å². The molecule has 0 spiro atoms. The first-order valence-corrected chi connectivity index (χ1v) is 9.34. The summed E-state index contributed by atoms with van der Waals surface area (Å²) in [5, 5.41) is 0.621. The summed E-state index contributed by atoms with van der Waals surface area (Å²) < 4.78 is 32.6. The Kier molecular flexibility index (Phi) is 6.45. The molecule has 0 saturated heterocycles. The number of nitrogens with one attached hydrogen (secondary N) is 1. The fourth-order valence-corrected chi connectivity index (χ4v) is 3.06. The highest BCUT2D eigenvalue weighted by atomic mass is 35.5. The highest BCUT2D eigenvalue weighted by molar-refractivity contribution is 7.89. The molecule has 0 aliphatic carbocycles. The van der Waals surface area contributed by atoms with Crippen molar-refractivity contribution in [3.05, 3.63) is 59.1 Å². The summed E-state index contributed by atoms with van der Waals surface area (Å²) in [6.07, 6.45) is 2.03. The van der Waals surface area contributed by atoms with E-state index in [1.807, 2.05) is 0 Å². The number of hydrogen-bond donors (Lipinski definition) is 1. The van der Waals surface area contributed by atoms with E-state index in [-0.39, 0.29) is 11.4 Å². The van der Waals surface area contributed by atoms with Crippen LogP contribution in [0.3, 0.4) is 0 Å². The Bertz CT molecular complexity index is 713. The first kappa shape index (κ1) is 17.8. The van der Waals surface area contributed by atoms with Crippen molar-refractivity contribution >= 4 is 21.6 Å². The largest absolute Gasteiger partial charge is 0.494 e. The molecule has 2 aromatic carbocycles. The summed E-state index contributed by atoms with van der Waals surface area (Å²) in [7, 11) is -3.55. The normalized spacial score (nSPS) is 11.4. The Morgan fingerprint density at radius 2 is 1.70 bits per heavy atom. The molecule has 0 amide bonds. The number of unbranched alkanes of at least 4 members (excludes halogenated alkanes) is 1. The van der Waals surface area contributed by atoms with Crippen molar-refractivity contribution in [3.8, 4) is 5.75 Å². The van der Waals surface area contributed by atoms with Crippen molar-refractivity contribution in [2.75, 3.05) is 6.61 Å². The molecule has 4 nitrogen and oxygen atoms in total. The van der Waals surface area contributed by atoms with Gasteiger partial charge in [0, 0.05) is 11.6 Å². The smallest absolute Gasteiger partial charge is 0.240 e. The molecule has 23 heavy (non-hydrogen) atoms. The maximum Gasteiger partial charge on any atom is 0.240 e. The minimum atomic E-state index is -3.55. The van der Waals surface area contributed by atoms with Crippen molar-refractivity contribution in [1.82, 2.24) is 4.72 Å². The van der Waals surface area contributed by atoms with E-state index in [0.29, 0.717) is 17.4 Å². The van der Waals surface area contributed by atoms with Crippen LogP contribution < -0.4 is 9.46 Å². The third-order valence-corrected chi connectivity index (χ3v) is 4.95. The van der Waals surface area contributed by atoms with Gasteiger partial charge in [0.1, 0.15) is 5.75 Å². The Morgan fingerprint density at radius 3 is 2.30 bits per heavy atom. The van der Waals surface area contributed by atoms with Gasteiger partial charge in [-0.15, -0.1) is 0 Å². The minimum absolute atomic E-state index is 0.217. The number of benzene rings is 2. The Balaban J connectivity index is 1.97. The van der Waals surface area contributed by atoms with Gasteiger partial charge in [0.15, 0.2) is 0 Å². The molecule has 0 saturated carbocycles. The van der Waals surface area contributed by atoms with Crippen LogP contribution >= 0.6 is 11.6 Å². The lowest BCUT2D eigenvalue weighted by atomic mass is 10.2. The van der Waals surface area contributed by atoms with Crippen LogP contribution in [0.5, 0.6) is 5.75 Å². The molecule has 6 heteroatoms. The van der Waals surface area contributed by atoms with E-state index in [1.54, 1.807) is 48.5 Å². The lowest BCUT2D eigenvalue weighted by Gasteiger charge is -2.09. The van der Waals surface area contributed by atoms with E-state index in [9.17, 15) is 8.42 Å². The zero-order valence-electron chi connectivity index (χ0n) is 13.0. The first-order valence-electron chi connectivity index (χ1n) is 7.48. The van der Waals surface area contributed by atoms with Gasteiger partial charge in [-0.3, -0.25) is 0 Å². The molecular weight excluding hydrogens is 334 g/mol. The third-order valence-electron chi connectivity index (χ3n) is 3.28. The lowest BCUT2D eigenvalue weighted by Crippen LogP contribution is -2.23. The topological polar surface area (TPSA) is 55.4 Å². The summed E-state index contributed by atoms with van der Waals surface area (Å²) in [4.78, 5) is 0.217. The van der Waals surface area contributed by atoms with Gasteiger partial charge >= 0.3 is 0 Å². The monoisotopic (exact) mass is 353 g/mol. The van der Waals surface area contributed by atoms with Crippen LogP contribution in [0.1, 0.15) is 25.3 Å². The second-order valence-electron chi connectivity index (χ2n) is 5.12. The summed E-state index contributed by atoms with van der Waals surface area (Å²) in [6.45, 7) is 2.94. The quantitative estimate of drug-likeness (QED) is 0.730. The van der Waals surface area contributed by atoms with Gasteiger partial charge in [-0.2, -0.15) is 0 Å². The molecule has 124 valence electrons. The molecule has 0 fully saturated rings. The number of rotatable bonds is 8. The number of halogens is 1. The average molecular weight is 354 g/mol. The molecule has 1 N–H and O–H groups in total. The van der Waals surface area contributed by atoms with Crippen molar-refractivity contribution in [1.29, 1.82) is 0 Å². The summed E-state index contributed by atoms with van der Waals surface area (Å²) in [5.41, 5.74) is 0.845. The molecule has 0 unspecified atom stereocenters. The van der Waals surface area contributed by atoms with E-state index in [2.05, 4.69) is 11.6 Å². The molecule has 0 radical (unpaired) electrons. The van der Waals surface area contributed by atoms with Gasteiger partial charge in [0.05, 0.1) is 11.5 Å². The molecule has 0 atom stereocenters. The Labute approximate surface area is 142 Å². The minimum Gasteiger partial charge on any atom is -0.494 e. The fraction of sp³-hybridized carbons (Fsp3) is 0.294. The third kappa shape index (κ3) is 5.53. The van der Waals surface area contributed by atoms with E-state index in [0.717, 1.165) is 18.4 Å². The highest BCUT2D eigenvalue weighted by Crippen LogP contribution is 2.17. The summed E-state index contributed by atoms with van der Waals surface area (Å²) in [6, 6.07) is 13.5. The van der Waals surface area contributed by atoms with Gasteiger partial charge in [-0.05, 0) is 48.4 Å². The summed E-state index contributed by atoms with van der Waals surface area (Å²) >= 11 is 5.81. The van der Waals surface area contributed by atoms with Gasteiger partial charge in [0.2, 0.25) is 10.0 Å². The van der Waals surface area contributed by atoms with Crippen molar-refractivity contribution in [2.45, 2.75) is 31.2 Å². The Hall–Kier alpha value is -1.56. The molecule has 0 heterocycles. The van der Waals surface area contributed by atoms with Crippen LogP contribution in [0.15, 0.2) is 53.4 Å². The zero-order valence-corrected chi connectivity index (χ0v) is 14.5. The number of ether oxygens (including phenoxy) is 1.